The molecule has 0 bridgehead atoms. The fourth-order valence-corrected chi connectivity index (χ4v) is 6.23. The maximum Gasteiger partial charge on any atom is 0.251 e. The van der Waals surface area contributed by atoms with Crippen molar-refractivity contribution >= 4 is 15.9 Å². The minimum Gasteiger partial charge on any atom is -0.381 e. The number of carbonyl (C=O) groups excluding carboxylic acids is 1. The predicted octanol–water partition coefficient (Wildman–Crippen LogP) is 3.12. The average molecular weight is 429 g/mol. The summed E-state index contributed by atoms with van der Waals surface area (Å²) in [5, 5.41) is 2.42. The van der Waals surface area contributed by atoms with E-state index in [4.69, 9.17) is 4.74 Å². The van der Waals surface area contributed by atoms with E-state index in [1.54, 1.807) is 16.4 Å². The largest absolute Gasteiger partial charge is 0.381 e. The summed E-state index contributed by atoms with van der Waals surface area (Å²) in [6, 6.07) is 16.6. The molecule has 2 fully saturated rings. The first-order valence-corrected chi connectivity index (χ1v) is 12.0. The van der Waals surface area contributed by atoms with Crippen LogP contribution in [-0.4, -0.2) is 44.4 Å². The third-order valence-electron chi connectivity index (χ3n) is 6.01. The molecule has 2 unspecified atom stereocenters. The van der Waals surface area contributed by atoms with Crippen LogP contribution in [0.5, 0.6) is 0 Å². The highest BCUT2D eigenvalue weighted by atomic mass is 32.2. The van der Waals surface area contributed by atoms with Crippen LogP contribution in [0.4, 0.5) is 0 Å². The molecule has 6 nitrogen and oxygen atoms in total. The molecule has 2 aromatic carbocycles. The molecule has 0 saturated carbocycles. The number of hydrogen-bond donors (Lipinski definition) is 1. The molecule has 160 valence electrons. The molecule has 0 aromatic heterocycles. The number of ether oxygens (including phenoxy) is 1. The molecular weight excluding hydrogens is 400 g/mol. The van der Waals surface area contributed by atoms with Crippen molar-refractivity contribution in [1.82, 2.24) is 9.62 Å². The number of benzene rings is 2. The maximum atomic E-state index is 13.3. The van der Waals surface area contributed by atoms with E-state index < -0.39 is 15.3 Å². The van der Waals surface area contributed by atoms with E-state index in [-0.39, 0.29) is 11.9 Å². The van der Waals surface area contributed by atoms with E-state index >= 15 is 0 Å². The molecule has 2 aliphatic rings. The van der Waals surface area contributed by atoms with Gasteiger partial charge in [0.2, 0.25) is 10.0 Å². The lowest BCUT2D eigenvalue weighted by molar-refractivity contribution is -0.0298. The van der Waals surface area contributed by atoms with Gasteiger partial charge < -0.3 is 10.1 Å². The number of rotatable bonds is 6. The molecule has 1 amide bonds. The fourth-order valence-electron chi connectivity index (χ4n) is 4.03. The zero-order valence-corrected chi connectivity index (χ0v) is 18.0. The third-order valence-corrected chi connectivity index (χ3v) is 8.38. The molecule has 2 atom stereocenters. The molecule has 2 aliphatic heterocycles. The second-order valence-electron chi connectivity index (χ2n) is 8.23. The highest BCUT2D eigenvalue weighted by molar-refractivity contribution is 7.89. The molecule has 0 aliphatic carbocycles. The quantitative estimate of drug-likeness (QED) is 0.767. The van der Waals surface area contributed by atoms with Gasteiger partial charge in [-0.25, -0.2) is 8.42 Å². The first kappa shape index (κ1) is 21.0. The van der Waals surface area contributed by atoms with Gasteiger partial charge in [-0.1, -0.05) is 42.5 Å². The summed E-state index contributed by atoms with van der Waals surface area (Å²) < 4.78 is 33.4. The Bertz CT molecular complexity index is 972. The number of sulfonamides is 1. The van der Waals surface area contributed by atoms with Crippen molar-refractivity contribution in [2.75, 3.05) is 19.8 Å². The Morgan fingerprint density at radius 1 is 1.07 bits per heavy atom. The van der Waals surface area contributed by atoms with Gasteiger partial charge in [-0.15, -0.1) is 0 Å². The SMILES string of the molecule is CC1CCC(c2ccccc2)S(=O)(=O)N1Cc1ccc(C(=O)NCC2COC2)cc1. The lowest BCUT2D eigenvalue weighted by Gasteiger charge is -2.37. The first-order chi connectivity index (χ1) is 14.4. The number of hydrogen-bond acceptors (Lipinski definition) is 4. The molecule has 0 spiro atoms. The van der Waals surface area contributed by atoms with Crippen LogP contribution in [0.2, 0.25) is 0 Å². The Morgan fingerprint density at radius 2 is 1.77 bits per heavy atom. The molecule has 7 heteroatoms. The van der Waals surface area contributed by atoms with Gasteiger partial charge in [0.25, 0.3) is 5.91 Å². The highest BCUT2D eigenvalue weighted by Gasteiger charge is 2.40. The van der Waals surface area contributed by atoms with Crippen molar-refractivity contribution in [2.45, 2.75) is 37.6 Å². The van der Waals surface area contributed by atoms with E-state index in [2.05, 4.69) is 5.32 Å². The molecule has 30 heavy (non-hydrogen) atoms. The van der Waals surface area contributed by atoms with Crippen LogP contribution in [0, 0.1) is 5.92 Å². The Morgan fingerprint density at radius 3 is 2.40 bits per heavy atom. The van der Waals surface area contributed by atoms with Gasteiger partial charge in [0.05, 0.1) is 13.2 Å². The van der Waals surface area contributed by atoms with Crippen LogP contribution in [0.25, 0.3) is 0 Å². The second kappa shape index (κ2) is 8.88. The van der Waals surface area contributed by atoms with Crippen LogP contribution in [-0.2, 0) is 21.3 Å². The number of amides is 1. The van der Waals surface area contributed by atoms with E-state index in [0.717, 1.165) is 17.5 Å². The Balaban J connectivity index is 1.44. The zero-order chi connectivity index (χ0) is 21.1. The van der Waals surface area contributed by atoms with Crippen molar-refractivity contribution in [1.29, 1.82) is 0 Å². The summed E-state index contributed by atoms with van der Waals surface area (Å²) in [7, 11) is -3.46. The molecule has 2 saturated heterocycles. The van der Waals surface area contributed by atoms with E-state index in [0.29, 0.717) is 44.2 Å². The topological polar surface area (TPSA) is 75.7 Å². The van der Waals surface area contributed by atoms with E-state index in [1.807, 2.05) is 49.4 Å². The fraction of sp³-hybridized carbons (Fsp3) is 0.435. The second-order valence-corrected chi connectivity index (χ2v) is 10.3. The minimum atomic E-state index is -3.46. The van der Waals surface area contributed by atoms with Crippen LogP contribution >= 0.6 is 0 Å². The Hall–Kier alpha value is -2.22. The normalized spacial score (nSPS) is 24.2. The van der Waals surface area contributed by atoms with Crippen molar-refractivity contribution in [3.63, 3.8) is 0 Å². The van der Waals surface area contributed by atoms with Gasteiger partial charge in [0.1, 0.15) is 5.25 Å². The van der Waals surface area contributed by atoms with Gasteiger partial charge in [-0.05, 0) is 43.0 Å². The Kier molecular flexibility index (Phi) is 6.22. The molecule has 0 radical (unpaired) electrons. The molecule has 2 aromatic rings. The number of carbonyl (C=O) groups is 1. The van der Waals surface area contributed by atoms with Crippen LogP contribution < -0.4 is 5.32 Å². The van der Waals surface area contributed by atoms with Gasteiger partial charge in [-0.2, -0.15) is 4.31 Å². The minimum absolute atomic E-state index is 0.0531. The van der Waals surface area contributed by atoms with E-state index in [9.17, 15) is 13.2 Å². The van der Waals surface area contributed by atoms with Crippen molar-refractivity contribution in [2.24, 2.45) is 5.92 Å². The maximum absolute atomic E-state index is 13.3. The first-order valence-electron chi connectivity index (χ1n) is 10.5. The summed E-state index contributed by atoms with van der Waals surface area (Å²) in [5.74, 6) is 0.285. The molecular formula is C23H28N2O4S. The van der Waals surface area contributed by atoms with Crippen LogP contribution in [0.3, 0.4) is 0 Å². The van der Waals surface area contributed by atoms with Gasteiger partial charge in [-0.3, -0.25) is 4.79 Å². The summed E-state index contributed by atoms with van der Waals surface area (Å²) in [4.78, 5) is 12.3. The summed E-state index contributed by atoms with van der Waals surface area (Å²) in [6.45, 7) is 4.29. The van der Waals surface area contributed by atoms with Crippen LogP contribution in [0.15, 0.2) is 54.6 Å². The zero-order valence-electron chi connectivity index (χ0n) is 17.2. The average Bonchev–Trinajstić information content (AvgIpc) is 2.71. The lowest BCUT2D eigenvalue weighted by atomic mass is 10.0. The lowest BCUT2D eigenvalue weighted by Crippen LogP contribution is -2.44. The number of nitrogens with zero attached hydrogens (tertiary/aromatic N) is 1. The predicted molar refractivity (Wildman–Crippen MR) is 115 cm³/mol. The van der Waals surface area contributed by atoms with Crippen molar-refractivity contribution < 1.29 is 17.9 Å². The van der Waals surface area contributed by atoms with Crippen molar-refractivity contribution in [3.05, 3.63) is 71.3 Å². The highest BCUT2D eigenvalue weighted by Crippen LogP contribution is 2.38. The van der Waals surface area contributed by atoms with Gasteiger partial charge in [0, 0.05) is 30.6 Å². The van der Waals surface area contributed by atoms with E-state index in [1.165, 1.54) is 0 Å². The third kappa shape index (κ3) is 4.43. The van der Waals surface area contributed by atoms with Crippen molar-refractivity contribution in [3.8, 4) is 0 Å². The smallest absolute Gasteiger partial charge is 0.251 e. The summed E-state index contributed by atoms with van der Waals surface area (Å²) in [5.41, 5.74) is 2.30. The van der Waals surface area contributed by atoms with Gasteiger partial charge in [0.15, 0.2) is 0 Å². The Labute approximate surface area is 178 Å². The number of nitrogens with one attached hydrogen (secondary N) is 1. The molecule has 4 rings (SSSR count). The summed E-state index contributed by atoms with van der Waals surface area (Å²) in [6.07, 6.45) is 1.46. The molecule has 1 N–H and O–H groups in total. The standard InChI is InChI=1S/C23H28N2O4S/c1-17-7-12-22(20-5-3-2-4-6-20)30(27,28)25(17)14-18-8-10-21(11-9-18)23(26)24-13-19-15-29-16-19/h2-6,8-11,17,19,22H,7,12-16H2,1H3,(H,24,26). The molecule has 2 heterocycles. The monoisotopic (exact) mass is 428 g/mol. The summed E-state index contributed by atoms with van der Waals surface area (Å²) >= 11 is 0. The van der Waals surface area contributed by atoms with Gasteiger partial charge >= 0.3 is 0 Å². The van der Waals surface area contributed by atoms with Crippen LogP contribution in [0.1, 0.15) is 46.5 Å².